The zero-order valence-electron chi connectivity index (χ0n) is 10.5. The average Bonchev–Trinajstić information content (AvgIpc) is 2.85. The fraction of sp³-hybridized carbons (Fsp3) is 0.583. The van der Waals surface area contributed by atoms with E-state index < -0.39 is 0 Å². The SMILES string of the molecule is CN=C(NCc1ccco1)N1CCC(O)CC1.I. The maximum atomic E-state index is 9.46. The normalized spacial score (nSPS) is 17.4. The Morgan fingerprint density at radius 2 is 2.28 bits per heavy atom. The van der Waals surface area contributed by atoms with Crippen molar-refractivity contribution in [1.82, 2.24) is 10.2 Å². The molecule has 0 radical (unpaired) electrons. The van der Waals surface area contributed by atoms with E-state index >= 15 is 0 Å². The number of nitrogens with zero attached hydrogens (tertiary/aromatic N) is 2. The Bertz CT molecular complexity index is 359. The van der Waals surface area contributed by atoms with Crippen LogP contribution < -0.4 is 5.32 Å². The second-order valence-corrected chi connectivity index (χ2v) is 4.20. The zero-order chi connectivity index (χ0) is 12.1. The Hall–Kier alpha value is -0.760. The smallest absolute Gasteiger partial charge is 0.194 e. The van der Waals surface area contributed by atoms with Crippen LogP contribution in [0.4, 0.5) is 0 Å². The van der Waals surface area contributed by atoms with Crippen LogP contribution in [0.1, 0.15) is 18.6 Å². The predicted molar refractivity (Wildman–Crippen MR) is 81.1 cm³/mol. The van der Waals surface area contributed by atoms with Crippen molar-refractivity contribution in [2.45, 2.75) is 25.5 Å². The number of aliphatic hydroxyl groups excluding tert-OH is 1. The lowest BCUT2D eigenvalue weighted by Crippen LogP contribution is -2.46. The first-order valence-corrected chi connectivity index (χ1v) is 5.95. The van der Waals surface area contributed by atoms with E-state index in [1.807, 2.05) is 12.1 Å². The highest BCUT2D eigenvalue weighted by atomic mass is 127. The Kier molecular flexibility index (Phi) is 6.48. The minimum atomic E-state index is -0.158. The molecule has 1 fully saturated rings. The van der Waals surface area contributed by atoms with Gasteiger partial charge in [-0.05, 0) is 25.0 Å². The highest BCUT2D eigenvalue weighted by molar-refractivity contribution is 14.0. The van der Waals surface area contributed by atoms with Gasteiger partial charge in [0.25, 0.3) is 0 Å². The average molecular weight is 365 g/mol. The van der Waals surface area contributed by atoms with Crippen LogP contribution in [0.3, 0.4) is 0 Å². The van der Waals surface area contributed by atoms with Crippen LogP contribution in [-0.2, 0) is 6.54 Å². The predicted octanol–water partition coefficient (Wildman–Crippen LogP) is 1.43. The Morgan fingerprint density at radius 3 is 2.83 bits per heavy atom. The molecule has 2 heterocycles. The third-order valence-electron chi connectivity index (χ3n) is 2.98. The monoisotopic (exact) mass is 365 g/mol. The number of hydrogen-bond acceptors (Lipinski definition) is 3. The van der Waals surface area contributed by atoms with Gasteiger partial charge in [0.15, 0.2) is 5.96 Å². The Labute approximate surface area is 124 Å². The van der Waals surface area contributed by atoms with Crippen LogP contribution in [-0.4, -0.2) is 42.2 Å². The fourth-order valence-electron chi connectivity index (χ4n) is 1.99. The first-order chi connectivity index (χ1) is 8.29. The van der Waals surface area contributed by atoms with E-state index in [1.54, 1.807) is 13.3 Å². The molecule has 1 aromatic heterocycles. The van der Waals surface area contributed by atoms with E-state index in [-0.39, 0.29) is 30.1 Å². The van der Waals surface area contributed by atoms with Crippen molar-refractivity contribution >= 4 is 29.9 Å². The molecule has 5 nitrogen and oxygen atoms in total. The number of nitrogens with one attached hydrogen (secondary N) is 1. The fourth-order valence-corrected chi connectivity index (χ4v) is 1.99. The molecule has 102 valence electrons. The van der Waals surface area contributed by atoms with Crippen molar-refractivity contribution in [3.05, 3.63) is 24.2 Å². The molecule has 0 bridgehead atoms. The number of guanidine groups is 1. The number of aliphatic hydroxyl groups is 1. The van der Waals surface area contributed by atoms with E-state index in [2.05, 4.69) is 15.2 Å². The maximum Gasteiger partial charge on any atom is 0.194 e. The lowest BCUT2D eigenvalue weighted by atomic mass is 10.1. The summed E-state index contributed by atoms with van der Waals surface area (Å²) < 4.78 is 5.26. The summed E-state index contributed by atoms with van der Waals surface area (Å²) in [4.78, 5) is 6.41. The topological polar surface area (TPSA) is 61.0 Å². The van der Waals surface area contributed by atoms with Gasteiger partial charge in [0.1, 0.15) is 5.76 Å². The molecular formula is C12H20IN3O2. The molecule has 2 N–H and O–H groups in total. The summed E-state index contributed by atoms with van der Waals surface area (Å²) in [7, 11) is 1.77. The third-order valence-corrected chi connectivity index (χ3v) is 2.98. The molecule has 1 aliphatic heterocycles. The lowest BCUT2D eigenvalue weighted by Gasteiger charge is -2.32. The number of furan rings is 1. The third kappa shape index (κ3) is 4.16. The molecule has 0 amide bonds. The summed E-state index contributed by atoms with van der Waals surface area (Å²) in [6, 6.07) is 3.80. The van der Waals surface area contributed by atoms with E-state index in [0.717, 1.165) is 37.7 Å². The van der Waals surface area contributed by atoms with Crippen molar-refractivity contribution in [3.63, 3.8) is 0 Å². The van der Waals surface area contributed by atoms with Crippen LogP contribution in [0.25, 0.3) is 0 Å². The second kappa shape index (κ2) is 7.63. The van der Waals surface area contributed by atoms with Crippen molar-refractivity contribution in [1.29, 1.82) is 0 Å². The van der Waals surface area contributed by atoms with Crippen molar-refractivity contribution in [3.8, 4) is 0 Å². The van der Waals surface area contributed by atoms with Gasteiger partial charge in [0, 0.05) is 20.1 Å². The van der Waals surface area contributed by atoms with Gasteiger partial charge in [-0.25, -0.2) is 0 Å². The van der Waals surface area contributed by atoms with Gasteiger partial charge in [-0.1, -0.05) is 0 Å². The molecule has 0 unspecified atom stereocenters. The maximum absolute atomic E-state index is 9.46. The molecule has 6 heteroatoms. The van der Waals surface area contributed by atoms with Crippen molar-refractivity contribution in [2.24, 2.45) is 4.99 Å². The minimum absolute atomic E-state index is 0. The quantitative estimate of drug-likeness (QED) is 0.473. The molecule has 2 rings (SSSR count). The molecule has 0 aliphatic carbocycles. The van der Waals surface area contributed by atoms with Crippen LogP contribution in [0.2, 0.25) is 0 Å². The standard InChI is InChI=1S/C12H19N3O2.HI/c1-13-12(14-9-11-3-2-8-17-11)15-6-4-10(16)5-7-15;/h2-3,8,10,16H,4-7,9H2,1H3,(H,13,14);1H. The molecule has 1 saturated heterocycles. The van der Waals surface area contributed by atoms with Gasteiger partial charge in [-0.2, -0.15) is 0 Å². The van der Waals surface area contributed by atoms with Gasteiger partial charge in [-0.15, -0.1) is 24.0 Å². The summed E-state index contributed by atoms with van der Waals surface area (Å²) in [5.41, 5.74) is 0. The van der Waals surface area contributed by atoms with E-state index in [0.29, 0.717) is 6.54 Å². The van der Waals surface area contributed by atoms with Gasteiger partial charge in [0.05, 0.1) is 18.9 Å². The minimum Gasteiger partial charge on any atom is -0.467 e. The van der Waals surface area contributed by atoms with Gasteiger partial charge in [-0.3, -0.25) is 4.99 Å². The van der Waals surface area contributed by atoms with Crippen LogP contribution >= 0.6 is 24.0 Å². The Morgan fingerprint density at radius 1 is 1.56 bits per heavy atom. The largest absolute Gasteiger partial charge is 0.467 e. The van der Waals surface area contributed by atoms with Crippen molar-refractivity contribution in [2.75, 3.05) is 20.1 Å². The molecule has 0 spiro atoms. The highest BCUT2D eigenvalue weighted by Crippen LogP contribution is 2.10. The number of likely N-dealkylation sites (tertiary alicyclic amines) is 1. The molecule has 18 heavy (non-hydrogen) atoms. The first kappa shape index (κ1) is 15.3. The Balaban J connectivity index is 0.00000162. The van der Waals surface area contributed by atoms with Crippen LogP contribution in [0.15, 0.2) is 27.8 Å². The van der Waals surface area contributed by atoms with E-state index in [1.165, 1.54) is 0 Å². The molecular weight excluding hydrogens is 345 g/mol. The first-order valence-electron chi connectivity index (χ1n) is 5.95. The van der Waals surface area contributed by atoms with Gasteiger partial charge < -0.3 is 19.7 Å². The van der Waals surface area contributed by atoms with Crippen LogP contribution in [0.5, 0.6) is 0 Å². The number of hydrogen-bond donors (Lipinski definition) is 2. The summed E-state index contributed by atoms with van der Waals surface area (Å²) in [6.07, 6.45) is 3.12. The number of aliphatic imine (C=N–C) groups is 1. The summed E-state index contributed by atoms with van der Waals surface area (Å²) >= 11 is 0. The van der Waals surface area contributed by atoms with E-state index in [9.17, 15) is 5.11 Å². The molecule has 0 atom stereocenters. The van der Waals surface area contributed by atoms with Crippen LogP contribution in [0, 0.1) is 0 Å². The summed E-state index contributed by atoms with van der Waals surface area (Å²) in [5.74, 6) is 1.76. The number of piperidine rings is 1. The number of halogens is 1. The lowest BCUT2D eigenvalue weighted by molar-refractivity contribution is 0.108. The van der Waals surface area contributed by atoms with E-state index in [4.69, 9.17) is 4.42 Å². The summed E-state index contributed by atoms with van der Waals surface area (Å²) in [6.45, 7) is 2.33. The molecule has 0 saturated carbocycles. The van der Waals surface area contributed by atoms with Gasteiger partial charge in [0.2, 0.25) is 0 Å². The molecule has 1 aliphatic rings. The molecule has 1 aromatic rings. The van der Waals surface area contributed by atoms with Crippen molar-refractivity contribution < 1.29 is 9.52 Å². The highest BCUT2D eigenvalue weighted by Gasteiger charge is 2.19. The number of rotatable bonds is 2. The zero-order valence-corrected chi connectivity index (χ0v) is 12.8. The second-order valence-electron chi connectivity index (χ2n) is 4.20. The molecule has 0 aromatic carbocycles. The van der Waals surface area contributed by atoms with Gasteiger partial charge >= 0.3 is 0 Å². The summed E-state index contributed by atoms with van der Waals surface area (Å²) in [5, 5.41) is 12.7.